The Balaban J connectivity index is 2.97. The van der Waals surface area contributed by atoms with Gasteiger partial charge >= 0.3 is 11.9 Å². The SMILES string of the molecule is COC(=O)/C=C1/C(C(=O)OC)=COC1CC(C)C. The summed E-state index contributed by atoms with van der Waals surface area (Å²) in [5.41, 5.74) is 0.788. The number of hydrogen-bond acceptors (Lipinski definition) is 5. The molecule has 0 aromatic carbocycles. The molecular weight excluding hydrogens is 236 g/mol. The van der Waals surface area contributed by atoms with Crippen LogP contribution in [0, 0.1) is 5.92 Å². The van der Waals surface area contributed by atoms with Crippen molar-refractivity contribution < 1.29 is 23.8 Å². The summed E-state index contributed by atoms with van der Waals surface area (Å²) in [6, 6.07) is 0. The predicted molar refractivity (Wildman–Crippen MR) is 64.5 cm³/mol. The molecule has 1 aliphatic rings. The van der Waals surface area contributed by atoms with Crippen molar-refractivity contribution >= 4 is 11.9 Å². The zero-order chi connectivity index (χ0) is 13.7. The molecule has 1 unspecified atom stereocenters. The van der Waals surface area contributed by atoms with Gasteiger partial charge < -0.3 is 14.2 Å². The third kappa shape index (κ3) is 3.35. The Morgan fingerprint density at radius 3 is 2.56 bits per heavy atom. The number of hydrogen-bond donors (Lipinski definition) is 0. The Bertz CT molecular complexity index is 392. The summed E-state index contributed by atoms with van der Waals surface area (Å²) >= 11 is 0. The van der Waals surface area contributed by atoms with Gasteiger partial charge in [0, 0.05) is 11.6 Å². The molecular formula is C13H18O5. The van der Waals surface area contributed by atoms with E-state index in [1.807, 2.05) is 13.8 Å². The van der Waals surface area contributed by atoms with Crippen LogP contribution in [-0.2, 0) is 23.8 Å². The van der Waals surface area contributed by atoms with Crippen LogP contribution < -0.4 is 0 Å². The molecule has 1 atom stereocenters. The van der Waals surface area contributed by atoms with Crippen molar-refractivity contribution in [1.82, 2.24) is 0 Å². The summed E-state index contributed by atoms with van der Waals surface area (Å²) in [5, 5.41) is 0. The molecule has 0 fully saturated rings. The molecule has 5 heteroatoms. The monoisotopic (exact) mass is 254 g/mol. The van der Waals surface area contributed by atoms with Crippen molar-refractivity contribution in [1.29, 1.82) is 0 Å². The highest BCUT2D eigenvalue weighted by molar-refractivity contribution is 5.97. The second-order valence-corrected chi connectivity index (χ2v) is 4.40. The van der Waals surface area contributed by atoms with Gasteiger partial charge in [0.05, 0.1) is 20.5 Å². The molecule has 1 heterocycles. The summed E-state index contributed by atoms with van der Waals surface area (Å²) < 4.78 is 14.6. The van der Waals surface area contributed by atoms with E-state index in [2.05, 4.69) is 9.47 Å². The van der Waals surface area contributed by atoms with E-state index in [0.29, 0.717) is 17.9 Å². The first-order chi connectivity index (χ1) is 8.49. The summed E-state index contributed by atoms with van der Waals surface area (Å²) in [6.45, 7) is 4.07. The van der Waals surface area contributed by atoms with E-state index >= 15 is 0 Å². The van der Waals surface area contributed by atoms with Crippen LogP contribution >= 0.6 is 0 Å². The van der Waals surface area contributed by atoms with Crippen LogP contribution in [0.25, 0.3) is 0 Å². The van der Waals surface area contributed by atoms with E-state index in [1.54, 1.807) is 0 Å². The standard InChI is InChI=1S/C13H18O5/c1-8(2)5-11-9(6-12(14)16-3)10(7-18-11)13(15)17-4/h6-8,11H,5H2,1-4H3/b9-6-. The number of ether oxygens (including phenoxy) is 3. The highest BCUT2D eigenvalue weighted by Gasteiger charge is 2.31. The fraction of sp³-hybridized carbons (Fsp3) is 0.538. The molecule has 18 heavy (non-hydrogen) atoms. The molecule has 0 bridgehead atoms. The molecule has 0 spiro atoms. The molecule has 0 amide bonds. The van der Waals surface area contributed by atoms with Crippen molar-refractivity contribution in [2.24, 2.45) is 5.92 Å². The molecule has 0 aliphatic carbocycles. The second-order valence-electron chi connectivity index (χ2n) is 4.40. The predicted octanol–water partition coefficient (Wildman–Crippen LogP) is 1.59. The van der Waals surface area contributed by atoms with Gasteiger partial charge in [0.2, 0.25) is 0 Å². The zero-order valence-electron chi connectivity index (χ0n) is 11.1. The summed E-state index contributed by atoms with van der Waals surface area (Å²) in [7, 11) is 2.57. The minimum atomic E-state index is -0.517. The van der Waals surface area contributed by atoms with Gasteiger partial charge in [-0.3, -0.25) is 0 Å². The number of methoxy groups -OCH3 is 2. The van der Waals surface area contributed by atoms with Gasteiger partial charge in [-0.15, -0.1) is 0 Å². The van der Waals surface area contributed by atoms with Crippen molar-refractivity contribution in [3.05, 3.63) is 23.5 Å². The van der Waals surface area contributed by atoms with E-state index in [-0.39, 0.29) is 11.7 Å². The van der Waals surface area contributed by atoms with E-state index in [0.717, 1.165) is 0 Å². The third-order valence-corrected chi connectivity index (χ3v) is 2.57. The Morgan fingerprint density at radius 2 is 2.06 bits per heavy atom. The van der Waals surface area contributed by atoms with Crippen LogP contribution in [-0.4, -0.2) is 32.3 Å². The quantitative estimate of drug-likeness (QED) is 0.563. The van der Waals surface area contributed by atoms with Gasteiger partial charge in [0.1, 0.15) is 11.7 Å². The van der Waals surface area contributed by atoms with Crippen molar-refractivity contribution in [2.75, 3.05) is 14.2 Å². The van der Waals surface area contributed by atoms with Crippen molar-refractivity contribution in [2.45, 2.75) is 26.4 Å². The van der Waals surface area contributed by atoms with E-state index in [9.17, 15) is 9.59 Å². The Hall–Kier alpha value is -1.78. The highest BCUT2D eigenvalue weighted by Crippen LogP contribution is 2.30. The molecule has 0 saturated heterocycles. The van der Waals surface area contributed by atoms with Crippen molar-refractivity contribution in [3.63, 3.8) is 0 Å². The zero-order valence-corrected chi connectivity index (χ0v) is 11.1. The van der Waals surface area contributed by atoms with Crippen LogP contribution in [0.3, 0.4) is 0 Å². The van der Waals surface area contributed by atoms with Gasteiger partial charge in [-0.1, -0.05) is 13.8 Å². The highest BCUT2D eigenvalue weighted by atomic mass is 16.5. The molecule has 0 aromatic heterocycles. The molecule has 1 rings (SSSR count). The molecule has 0 N–H and O–H groups in total. The number of carbonyl (C=O) groups excluding carboxylic acids is 2. The maximum Gasteiger partial charge on any atom is 0.341 e. The Labute approximate surface area is 106 Å². The van der Waals surface area contributed by atoms with E-state index < -0.39 is 11.9 Å². The maximum absolute atomic E-state index is 11.6. The second kappa shape index (κ2) is 6.23. The summed E-state index contributed by atoms with van der Waals surface area (Å²) in [4.78, 5) is 22.9. The van der Waals surface area contributed by atoms with Crippen LogP contribution in [0.4, 0.5) is 0 Å². The van der Waals surface area contributed by atoms with Gasteiger partial charge in [-0.25, -0.2) is 9.59 Å². The van der Waals surface area contributed by atoms with Gasteiger partial charge in [-0.2, -0.15) is 0 Å². The topological polar surface area (TPSA) is 61.8 Å². The van der Waals surface area contributed by atoms with Crippen molar-refractivity contribution in [3.8, 4) is 0 Å². The first-order valence-electron chi connectivity index (χ1n) is 5.73. The maximum atomic E-state index is 11.6. The summed E-state index contributed by atoms with van der Waals surface area (Å²) in [6.07, 6.45) is 3.02. The smallest absolute Gasteiger partial charge is 0.341 e. The van der Waals surface area contributed by atoms with Crippen LogP contribution in [0.1, 0.15) is 20.3 Å². The lowest BCUT2D eigenvalue weighted by atomic mass is 9.96. The molecule has 0 aromatic rings. The molecule has 0 radical (unpaired) electrons. The van der Waals surface area contributed by atoms with Gasteiger partial charge in [-0.05, 0) is 12.3 Å². The molecule has 0 saturated carbocycles. The van der Waals surface area contributed by atoms with Crippen LogP contribution in [0.2, 0.25) is 0 Å². The average Bonchev–Trinajstić information content (AvgIpc) is 2.70. The normalized spacial score (nSPS) is 20.6. The number of rotatable bonds is 4. The van der Waals surface area contributed by atoms with E-state index in [4.69, 9.17) is 4.74 Å². The first-order valence-corrected chi connectivity index (χ1v) is 5.73. The first kappa shape index (κ1) is 14.3. The Morgan fingerprint density at radius 1 is 1.39 bits per heavy atom. The number of carbonyl (C=O) groups is 2. The lowest BCUT2D eigenvalue weighted by Crippen LogP contribution is -2.17. The molecule has 1 aliphatic heterocycles. The number of esters is 2. The Kier molecular flexibility index (Phi) is 4.95. The molecule has 100 valence electrons. The van der Waals surface area contributed by atoms with Crippen LogP contribution in [0.5, 0.6) is 0 Å². The lowest BCUT2D eigenvalue weighted by Gasteiger charge is -2.15. The minimum absolute atomic E-state index is 0.272. The minimum Gasteiger partial charge on any atom is -0.492 e. The fourth-order valence-electron chi connectivity index (χ4n) is 1.71. The average molecular weight is 254 g/mol. The van der Waals surface area contributed by atoms with Gasteiger partial charge in [0.25, 0.3) is 0 Å². The van der Waals surface area contributed by atoms with E-state index in [1.165, 1.54) is 26.6 Å². The lowest BCUT2D eigenvalue weighted by molar-refractivity contribution is -0.135. The largest absolute Gasteiger partial charge is 0.492 e. The summed E-state index contributed by atoms with van der Waals surface area (Å²) in [5.74, 6) is -0.656. The third-order valence-electron chi connectivity index (χ3n) is 2.57. The van der Waals surface area contributed by atoms with Crippen LogP contribution in [0.15, 0.2) is 23.5 Å². The van der Waals surface area contributed by atoms with Gasteiger partial charge in [0.15, 0.2) is 0 Å². The fourth-order valence-corrected chi connectivity index (χ4v) is 1.71. The molecule has 5 nitrogen and oxygen atoms in total.